The Morgan fingerprint density at radius 1 is 1.03 bits per heavy atom. The van der Waals surface area contributed by atoms with Crippen molar-refractivity contribution in [3.8, 4) is 5.75 Å². The van der Waals surface area contributed by atoms with Crippen molar-refractivity contribution in [3.05, 3.63) is 106 Å². The maximum absolute atomic E-state index is 13.7. The summed E-state index contributed by atoms with van der Waals surface area (Å²) in [5.41, 5.74) is 7.27. The molecule has 182 valence electrons. The first kappa shape index (κ1) is 23.3. The van der Waals surface area contributed by atoms with Gasteiger partial charge in [0.05, 0.1) is 5.57 Å². The molecule has 1 unspecified atom stereocenters. The normalized spacial score (nSPS) is 14.7. The summed E-state index contributed by atoms with van der Waals surface area (Å²) < 4.78 is 7.72. The molecule has 1 atom stereocenters. The number of carbonyl (C=O) groups excluding carboxylic acids is 1. The molecule has 0 saturated heterocycles. The lowest BCUT2D eigenvalue weighted by Gasteiger charge is -2.28. The molecule has 8 nitrogen and oxygen atoms in total. The van der Waals surface area contributed by atoms with Crippen molar-refractivity contribution < 1.29 is 9.53 Å². The molecule has 0 radical (unpaired) electrons. The second kappa shape index (κ2) is 9.65. The van der Waals surface area contributed by atoms with Crippen LogP contribution in [0.4, 0.5) is 11.6 Å². The van der Waals surface area contributed by atoms with E-state index in [1.165, 1.54) is 5.56 Å². The zero-order valence-corrected chi connectivity index (χ0v) is 20.7. The van der Waals surface area contributed by atoms with Crippen LogP contribution in [0.5, 0.6) is 5.75 Å². The molecule has 8 heteroatoms. The lowest BCUT2D eigenvalue weighted by molar-refractivity contribution is -0.113. The van der Waals surface area contributed by atoms with Crippen molar-refractivity contribution >= 4 is 17.5 Å². The minimum atomic E-state index is -0.524. The Hall–Kier alpha value is -4.46. The minimum Gasteiger partial charge on any atom is -0.489 e. The number of aryl methyl sites for hydroxylation is 2. The lowest BCUT2D eigenvalue weighted by Crippen LogP contribution is -2.31. The van der Waals surface area contributed by atoms with Crippen LogP contribution in [0, 0.1) is 20.8 Å². The van der Waals surface area contributed by atoms with Crippen LogP contribution in [0.1, 0.15) is 40.8 Å². The number of tetrazole rings is 1. The summed E-state index contributed by atoms with van der Waals surface area (Å²) in [7, 11) is 0. The third-order valence-electron chi connectivity index (χ3n) is 6.51. The Labute approximate surface area is 210 Å². The van der Waals surface area contributed by atoms with Crippen LogP contribution in [0.3, 0.4) is 0 Å². The molecule has 4 aromatic rings. The number of allylic oxidation sites excluding steroid dienone is 1. The molecular formula is C28H28N6O2. The standard InChI is InChI=1S/C28H28N6O2/c1-17-11-13-21(14-12-17)16-36-23-9-6-8-22(15-23)26-25(20(4)29-28-31-32-33-34(26)28)27(35)30-24-10-5-7-18(2)19(24)3/h5-15,26H,16H2,1-4H3,(H,30,35)(H,29,31,33). The Balaban J connectivity index is 1.47. The first-order valence-electron chi connectivity index (χ1n) is 11.8. The van der Waals surface area contributed by atoms with E-state index in [9.17, 15) is 4.79 Å². The predicted octanol–water partition coefficient (Wildman–Crippen LogP) is 5.10. The van der Waals surface area contributed by atoms with Gasteiger partial charge >= 0.3 is 0 Å². The fraction of sp³-hybridized carbons (Fsp3) is 0.214. The van der Waals surface area contributed by atoms with Gasteiger partial charge in [0, 0.05) is 11.4 Å². The van der Waals surface area contributed by atoms with Gasteiger partial charge in [0.25, 0.3) is 5.91 Å². The summed E-state index contributed by atoms with van der Waals surface area (Å²) in [6.07, 6.45) is 0. The summed E-state index contributed by atoms with van der Waals surface area (Å²) in [5.74, 6) is 0.964. The van der Waals surface area contributed by atoms with E-state index in [1.54, 1.807) is 4.68 Å². The van der Waals surface area contributed by atoms with Crippen LogP contribution < -0.4 is 15.4 Å². The number of amides is 1. The van der Waals surface area contributed by atoms with E-state index >= 15 is 0 Å². The molecule has 1 aromatic heterocycles. The van der Waals surface area contributed by atoms with Crippen LogP contribution in [0.25, 0.3) is 0 Å². The van der Waals surface area contributed by atoms with Crippen molar-refractivity contribution in [2.45, 2.75) is 40.3 Å². The Morgan fingerprint density at radius 3 is 2.61 bits per heavy atom. The summed E-state index contributed by atoms with van der Waals surface area (Å²) in [6, 6.07) is 21.3. The van der Waals surface area contributed by atoms with Crippen molar-refractivity contribution in [1.82, 2.24) is 20.2 Å². The van der Waals surface area contributed by atoms with E-state index in [4.69, 9.17) is 4.74 Å². The van der Waals surface area contributed by atoms with Crippen LogP contribution in [0.15, 0.2) is 78.0 Å². The Morgan fingerprint density at radius 2 is 1.81 bits per heavy atom. The van der Waals surface area contributed by atoms with Crippen LogP contribution >= 0.6 is 0 Å². The molecule has 1 aliphatic rings. The van der Waals surface area contributed by atoms with Crippen molar-refractivity contribution in [3.63, 3.8) is 0 Å². The third kappa shape index (κ3) is 4.57. The van der Waals surface area contributed by atoms with E-state index in [1.807, 2.05) is 63.2 Å². The number of anilines is 2. The second-order valence-corrected chi connectivity index (χ2v) is 9.06. The van der Waals surface area contributed by atoms with Gasteiger partial charge in [-0.25, -0.2) is 0 Å². The van der Waals surface area contributed by atoms with Crippen LogP contribution in [-0.2, 0) is 11.4 Å². The zero-order chi connectivity index (χ0) is 25.2. The smallest absolute Gasteiger partial charge is 0.255 e. The number of ether oxygens (including phenoxy) is 1. The number of aromatic nitrogens is 4. The highest BCUT2D eigenvalue weighted by molar-refractivity contribution is 6.06. The molecule has 0 bridgehead atoms. The van der Waals surface area contributed by atoms with Gasteiger partial charge in [0.1, 0.15) is 18.4 Å². The largest absolute Gasteiger partial charge is 0.489 e. The summed E-state index contributed by atoms with van der Waals surface area (Å²) in [5, 5.41) is 18.4. The average Bonchev–Trinajstić information content (AvgIpc) is 3.34. The van der Waals surface area contributed by atoms with Crippen molar-refractivity contribution in [2.24, 2.45) is 0 Å². The van der Waals surface area contributed by atoms with Gasteiger partial charge in [-0.3, -0.25) is 4.79 Å². The number of rotatable bonds is 6. The second-order valence-electron chi connectivity index (χ2n) is 9.06. The highest BCUT2D eigenvalue weighted by Crippen LogP contribution is 2.36. The Bertz CT molecular complexity index is 1460. The monoisotopic (exact) mass is 480 g/mol. The van der Waals surface area contributed by atoms with Crippen molar-refractivity contribution in [2.75, 3.05) is 10.6 Å². The molecule has 0 aliphatic carbocycles. The first-order chi connectivity index (χ1) is 17.4. The SMILES string of the molecule is CC1=C(C(=O)Nc2cccc(C)c2C)C(c2cccc(OCc3ccc(C)cc3)c2)n2nnnc2N1. The number of fused-ring (bicyclic) bond motifs is 1. The summed E-state index contributed by atoms with van der Waals surface area (Å²) in [4.78, 5) is 13.7. The van der Waals surface area contributed by atoms with Gasteiger partial charge in [0.2, 0.25) is 5.95 Å². The van der Waals surface area contributed by atoms with Crippen LogP contribution in [0.2, 0.25) is 0 Å². The fourth-order valence-corrected chi connectivity index (χ4v) is 4.32. The highest BCUT2D eigenvalue weighted by Gasteiger charge is 2.34. The van der Waals surface area contributed by atoms with Gasteiger partial charge in [-0.15, -0.1) is 0 Å². The summed E-state index contributed by atoms with van der Waals surface area (Å²) >= 11 is 0. The van der Waals surface area contributed by atoms with Gasteiger partial charge in [-0.2, -0.15) is 4.68 Å². The van der Waals surface area contributed by atoms with E-state index in [2.05, 4.69) is 57.3 Å². The molecule has 0 spiro atoms. The molecule has 36 heavy (non-hydrogen) atoms. The van der Waals surface area contributed by atoms with E-state index in [0.29, 0.717) is 29.6 Å². The van der Waals surface area contributed by atoms with Gasteiger partial charge in [0.15, 0.2) is 0 Å². The van der Waals surface area contributed by atoms with E-state index in [-0.39, 0.29) is 5.91 Å². The quantitative estimate of drug-likeness (QED) is 0.399. The number of hydrogen-bond donors (Lipinski definition) is 2. The zero-order valence-electron chi connectivity index (χ0n) is 20.7. The highest BCUT2D eigenvalue weighted by atomic mass is 16.5. The fourth-order valence-electron chi connectivity index (χ4n) is 4.32. The summed E-state index contributed by atoms with van der Waals surface area (Å²) in [6.45, 7) is 8.39. The van der Waals surface area contributed by atoms with Gasteiger partial charge < -0.3 is 15.4 Å². The average molecular weight is 481 g/mol. The number of hydrogen-bond acceptors (Lipinski definition) is 6. The predicted molar refractivity (Wildman–Crippen MR) is 139 cm³/mol. The number of benzene rings is 3. The molecule has 1 amide bonds. The van der Waals surface area contributed by atoms with Gasteiger partial charge in [-0.1, -0.05) is 59.2 Å². The number of nitrogens with one attached hydrogen (secondary N) is 2. The lowest BCUT2D eigenvalue weighted by atomic mass is 9.94. The molecule has 5 rings (SSSR count). The topological polar surface area (TPSA) is 94.0 Å². The number of carbonyl (C=O) groups is 1. The number of nitrogens with zero attached hydrogens (tertiary/aromatic N) is 4. The molecule has 2 N–H and O–H groups in total. The maximum atomic E-state index is 13.7. The minimum absolute atomic E-state index is 0.217. The molecule has 3 aromatic carbocycles. The maximum Gasteiger partial charge on any atom is 0.255 e. The molecule has 1 aliphatic heterocycles. The van der Waals surface area contributed by atoms with E-state index in [0.717, 1.165) is 27.9 Å². The third-order valence-corrected chi connectivity index (χ3v) is 6.51. The van der Waals surface area contributed by atoms with Crippen molar-refractivity contribution in [1.29, 1.82) is 0 Å². The van der Waals surface area contributed by atoms with Gasteiger partial charge in [-0.05, 0) is 78.6 Å². The molecule has 0 fully saturated rings. The molecular weight excluding hydrogens is 452 g/mol. The molecule has 0 saturated carbocycles. The van der Waals surface area contributed by atoms with E-state index < -0.39 is 6.04 Å². The molecule has 2 heterocycles. The Kier molecular flexibility index (Phi) is 6.25. The van der Waals surface area contributed by atoms with Crippen LogP contribution in [-0.4, -0.2) is 26.1 Å². The first-order valence-corrected chi connectivity index (χ1v) is 11.8.